The fraction of sp³-hybridized carbons (Fsp3) is 0.211. The molecule has 0 amide bonds. The van der Waals surface area contributed by atoms with Crippen LogP contribution in [-0.4, -0.2) is 13.4 Å². The minimum absolute atomic E-state index is 0.221. The molecule has 0 bridgehead atoms. The first-order chi connectivity index (χ1) is 11.8. The Morgan fingerprint density at radius 3 is 2.36 bits per heavy atom. The average Bonchev–Trinajstić information content (AvgIpc) is 2.97. The van der Waals surface area contributed by atoms with Gasteiger partial charge in [-0.25, -0.2) is 13.4 Å². The number of oxazole rings is 1. The van der Waals surface area contributed by atoms with Crippen LogP contribution < -0.4 is 4.72 Å². The highest BCUT2D eigenvalue weighted by Crippen LogP contribution is 2.28. The highest BCUT2D eigenvalue weighted by molar-refractivity contribution is 7.92. The van der Waals surface area contributed by atoms with Crippen LogP contribution >= 0.6 is 0 Å². The van der Waals surface area contributed by atoms with Crippen LogP contribution in [0.25, 0.3) is 11.3 Å². The Kier molecular flexibility index (Phi) is 4.39. The summed E-state index contributed by atoms with van der Waals surface area (Å²) in [6.07, 6.45) is 1.59. The lowest BCUT2D eigenvalue weighted by atomic mass is 10.1. The zero-order valence-electron chi connectivity index (χ0n) is 14.6. The molecule has 2 aromatic carbocycles. The van der Waals surface area contributed by atoms with Gasteiger partial charge in [-0.1, -0.05) is 29.8 Å². The Morgan fingerprint density at radius 1 is 0.960 bits per heavy atom. The van der Waals surface area contributed by atoms with Gasteiger partial charge in [-0.15, -0.1) is 0 Å². The van der Waals surface area contributed by atoms with Crippen LogP contribution in [0.5, 0.6) is 0 Å². The van der Waals surface area contributed by atoms with Crippen molar-refractivity contribution in [1.29, 1.82) is 0 Å². The lowest BCUT2D eigenvalue weighted by Crippen LogP contribution is -2.15. The number of aromatic nitrogens is 1. The highest BCUT2D eigenvalue weighted by atomic mass is 32.2. The molecule has 130 valence electrons. The van der Waals surface area contributed by atoms with Crippen LogP contribution in [0.1, 0.15) is 22.6 Å². The van der Waals surface area contributed by atoms with Gasteiger partial charge in [-0.05, 0) is 44.0 Å². The van der Waals surface area contributed by atoms with Crippen molar-refractivity contribution in [2.24, 2.45) is 0 Å². The molecule has 1 N–H and O–H groups in total. The second-order valence-corrected chi connectivity index (χ2v) is 7.80. The minimum atomic E-state index is -3.72. The smallest absolute Gasteiger partial charge is 0.262 e. The first-order valence-corrected chi connectivity index (χ1v) is 9.38. The first kappa shape index (κ1) is 17.2. The average molecular weight is 356 g/mol. The Balaban J connectivity index is 2.01. The predicted octanol–water partition coefficient (Wildman–Crippen LogP) is 4.38. The maximum Gasteiger partial charge on any atom is 0.262 e. The molecule has 0 aliphatic heterocycles. The van der Waals surface area contributed by atoms with Gasteiger partial charge >= 0.3 is 0 Å². The summed E-state index contributed by atoms with van der Waals surface area (Å²) < 4.78 is 34.0. The highest BCUT2D eigenvalue weighted by Gasteiger charge is 2.19. The van der Waals surface area contributed by atoms with Gasteiger partial charge in [0.25, 0.3) is 10.0 Å². The van der Waals surface area contributed by atoms with Crippen molar-refractivity contribution in [3.63, 3.8) is 0 Å². The van der Waals surface area contributed by atoms with Gasteiger partial charge in [0, 0.05) is 12.5 Å². The molecule has 0 atom stereocenters. The Hall–Kier alpha value is -2.60. The molecule has 0 aliphatic rings. The molecule has 0 aliphatic carbocycles. The monoisotopic (exact) mass is 356 g/mol. The van der Waals surface area contributed by atoms with Crippen molar-refractivity contribution in [2.45, 2.75) is 32.6 Å². The second-order valence-electron chi connectivity index (χ2n) is 6.15. The van der Waals surface area contributed by atoms with Crippen molar-refractivity contribution < 1.29 is 12.8 Å². The lowest BCUT2D eigenvalue weighted by molar-refractivity contribution is 0.534. The number of anilines is 1. The predicted molar refractivity (Wildman–Crippen MR) is 98.1 cm³/mol. The number of hydrogen-bond acceptors (Lipinski definition) is 4. The summed E-state index contributed by atoms with van der Waals surface area (Å²) in [6, 6.07) is 10.8. The number of rotatable bonds is 4. The van der Waals surface area contributed by atoms with Gasteiger partial charge in [-0.2, -0.15) is 0 Å². The van der Waals surface area contributed by atoms with E-state index in [0.29, 0.717) is 28.5 Å². The molecule has 0 unspecified atom stereocenters. The summed E-state index contributed by atoms with van der Waals surface area (Å²) in [5.41, 5.74) is 3.87. The Bertz CT molecular complexity index is 1040. The van der Waals surface area contributed by atoms with E-state index in [9.17, 15) is 8.42 Å². The van der Waals surface area contributed by atoms with Gasteiger partial charge in [0.05, 0.1) is 16.8 Å². The van der Waals surface area contributed by atoms with E-state index in [1.807, 2.05) is 32.0 Å². The van der Waals surface area contributed by atoms with E-state index < -0.39 is 10.0 Å². The molecule has 5 nitrogen and oxygen atoms in total. The van der Waals surface area contributed by atoms with E-state index in [0.717, 1.165) is 11.1 Å². The standard InChI is InChI=1S/C19H20N2O3S/c1-12-5-8-17(14(3)9-12)21-25(22,23)19-10-16(7-6-13(19)2)18-11-20-15(4)24-18/h5-11,21H,1-4H3. The van der Waals surface area contributed by atoms with E-state index >= 15 is 0 Å². The maximum absolute atomic E-state index is 12.9. The van der Waals surface area contributed by atoms with E-state index in [2.05, 4.69) is 9.71 Å². The summed E-state index contributed by atoms with van der Waals surface area (Å²) in [7, 11) is -3.72. The molecule has 0 saturated carbocycles. The largest absolute Gasteiger partial charge is 0.441 e. The van der Waals surface area contributed by atoms with Gasteiger partial charge in [0.15, 0.2) is 11.7 Å². The maximum atomic E-state index is 12.9. The third-order valence-electron chi connectivity index (χ3n) is 4.01. The summed E-state index contributed by atoms with van der Waals surface area (Å²) in [4.78, 5) is 4.28. The Morgan fingerprint density at radius 2 is 1.72 bits per heavy atom. The number of nitrogens with one attached hydrogen (secondary N) is 1. The number of hydrogen-bond donors (Lipinski definition) is 1. The number of aryl methyl sites for hydroxylation is 4. The molecule has 0 radical (unpaired) electrons. The van der Waals surface area contributed by atoms with Gasteiger partial charge in [0.1, 0.15) is 0 Å². The zero-order chi connectivity index (χ0) is 18.2. The van der Waals surface area contributed by atoms with Gasteiger partial charge in [0.2, 0.25) is 0 Å². The SMILES string of the molecule is Cc1ccc(NS(=O)(=O)c2cc(-c3cnc(C)o3)ccc2C)c(C)c1. The van der Waals surface area contributed by atoms with Crippen molar-refractivity contribution in [1.82, 2.24) is 4.98 Å². The molecular weight excluding hydrogens is 336 g/mol. The van der Waals surface area contributed by atoms with E-state index in [1.165, 1.54) is 0 Å². The van der Waals surface area contributed by atoms with Crippen LogP contribution in [-0.2, 0) is 10.0 Å². The number of nitrogens with zero attached hydrogens (tertiary/aromatic N) is 1. The molecule has 1 heterocycles. The van der Waals surface area contributed by atoms with Crippen molar-refractivity contribution in [2.75, 3.05) is 4.72 Å². The van der Waals surface area contributed by atoms with Crippen molar-refractivity contribution in [3.05, 3.63) is 65.2 Å². The van der Waals surface area contributed by atoms with Crippen LogP contribution in [0.15, 0.2) is 51.9 Å². The van der Waals surface area contributed by atoms with Crippen molar-refractivity contribution in [3.8, 4) is 11.3 Å². The van der Waals surface area contributed by atoms with E-state index in [-0.39, 0.29) is 4.90 Å². The third kappa shape index (κ3) is 3.58. The molecule has 0 spiro atoms. The van der Waals surface area contributed by atoms with E-state index in [4.69, 9.17) is 4.42 Å². The molecule has 25 heavy (non-hydrogen) atoms. The normalized spacial score (nSPS) is 11.5. The molecule has 6 heteroatoms. The molecule has 1 aromatic heterocycles. The molecular formula is C19H20N2O3S. The van der Waals surface area contributed by atoms with Crippen LogP contribution in [0.2, 0.25) is 0 Å². The lowest BCUT2D eigenvalue weighted by Gasteiger charge is -2.13. The van der Waals surface area contributed by atoms with Crippen LogP contribution in [0, 0.1) is 27.7 Å². The Labute approximate surface area is 147 Å². The molecule has 0 saturated heterocycles. The van der Waals surface area contributed by atoms with Crippen molar-refractivity contribution >= 4 is 15.7 Å². The summed E-state index contributed by atoms with van der Waals surface area (Å²) >= 11 is 0. The van der Waals surface area contributed by atoms with Crippen LogP contribution in [0.3, 0.4) is 0 Å². The van der Waals surface area contributed by atoms with Crippen LogP contribution in [0.4, 0.5) is 5.69 Å². The number of benzene rings is 2. The van der Waals surface area contributed by atoms with E-state index in [1.54, 1.807) is 38.2 Å². The third-order valence-corrected chi connectivity index (χ3v) is 5.52. The number of sulfonamides is 1. The minimum Gasteiger partial charge on any atom is -0.441 e. The van der Waals surface area contributed by atoms with Gasteiger partial charge < -0.3 is 4.42 Å². The molecule has 3 aromatic rings. The summed E-state index contributed by atoms with van der Waals surface area (Å²) in [5.74, 6) is 1.08. The molecule has 3 rings (SSSR count). The summed E-state index contributed by atoms with van der Waals surface area (Å²) in [6.45, 7) is 7.37. The fourth-order valence-electron chi connectivity index (χ4n) is 2.67. The fourth-order valence-corrected chi connectivity index (χ4v) is 4.07. The summed E-state index contributed by atoms with van der Waals surface area (Å²) in [5, 5.41) is 0. The second kappa shape index (κ2) is 6.37. The zero-order valence-corrected chi connectivity index (χ0v) is 15.4. The van der Waals surface area contributed by atoms with Gasteiger partial charge in [-0.3, -0.25) is 4.72 Å². The first-order valence-electron chi connectivity index (χ1n) is 7.90. The molecule has 0 fully saturated rings. The topological polar surface area (TPSA) is 72.2 Å². The quantitative estimate of drug-likeness (QED) is 0.753.